The van der Waals surface area contributed by atoms with E-state index >= 15 is 0 Å². The Morgan fingerprint density at radius 2 is 2.10 bits per heavy atom. The molecule has 1 saturated heterocycles. The summed E-state index contributed by atoms with van der Waals surface area (Å²) in [5.41, 5.74) is 2.58. The highest BCUT2D eigenvalue weighted by molar-refractivity contribution is 6.31. The Labute approximate surface area is 134 Å². The minimum atomic E-state index is 0.475. The van der Waals surface area contributed by atoms with Gasteiger partial charge in [-0.25, -0.2) is 0 Å². The molecule has 1 aliphatic heterocycles. The van der Waals surface area contributed by atoms with Crippen LogP contribution in [0.1, 0.15) is 52.0 Å². The van der Waals surface area contributed by atoms with Gasteiger partial charge in [-0.15, -0.1) is 0 Å². The molecule has 2 rings (SSSR count). The smallest absolute Gasteiger partial charge is 0.0471 e. The maximum atomic E-state index is 6.46. The average molecular weight is 309 g/mol. The van der Waals surface area contributed by atoms with E-state index in [4.69, 9.17) is 11.6 Å². The molecule has 1 heterocycles. The molecule has 21 heavy (non-hydrogen) atoms. The highest BCUT2D eigenvalue weighted by Gasteiger charge is 2.19. The normalized spacial score (nSPS) is 19.9. The first kappa shape index (κ1) is 16.6. The first-order valence-electron chi connectivity index (χ1n) is 8.37. The molecule has 1 N–H and O–H groups in total. The lowest BCUT2D eigenvalue weighted by Gasteiger charge is -2.27. The number of rotatable bonds is 5. The van der Waals surface area contributed by atoms with Gasteiger partial charge >= 0.3 is 0 Å². The molecule has 1 aromatic carbocycles. The van der Waals surface area contributed by atoms with Gasteiger partial charge < -0.3 is 10.2 Å². The lowest BCUT2D eigenvalue weighted by molar-refractivity contribution is 0.459. The largest absolute Gasteiger partial charge is 0.371 e. The van der Waals surface area contributed by atoms with Gasteiger partial charge in [-0.3, -0.25) is 0 Å². The van der Waals surface area contributed by atoms with Crippen LogP contribution in [0, 0.1) is 5.92 Å². The minimum Gasteiger partial charge on any atom is -0.371 e. The van der Waals surface area contributed by atoms with Crippen LogP contribution in [0.25, 0.3) is 0 Å². The van der Waals surface area contributed by atoms with E-state index in [1.807, 2.05) is 6.07 Å². The van der Waals surface area contributed by atoms with Crippen LogP contribution in [-0.2, 0) is 6.54 Å². The number of anilines is 1. The standard InChI is InChI=1S/C18H29ClN2/c1-4-15-7-6-11-21(12-10-15)18-9-5-8-17(19)16(18)13-20-14(2)3/h5,8-9,14-15,20H,4,6-7,10-13H2,1-3H3. The molecule has 0 saturated carbocycles. The van der Waals surface area contributed by atoms with Crippen LogP contribution in [0.5, 0.6) is 0 Å². The summed E-state index contributed by atoms with van der Waals surface area (Å²) >= 11 is 6.46. The van der Waals surface area contributed by atoms with Crippen LogP contribution in [0.3, 0.4) is 0 Å². The highest BCUT2D eigenvalue weighted by atomic mass is 35.5. The van der Waals surface area contributed by atoms with Crippen molar-refractivity contribution in [2.75, 3.05) is 18.0 Å². The Hall–Kier alpha value is -0.730. The molecule has 0 aromatic heterocycles. The quantitative estimate of drug-likeness (QED) is 0.836. The lowest BCUT2D eigenvalue weighted by Crippen LogP contribution is -2.28. The molecule has 0 radical (unpaired) electrons. The van der Waals surface area contributed by atoms with E-state index in [1.165, 1.54) is 36.9 Å². The summed E-state index contributed by atoms with van der Waals surface area (Å²) in [6, 6.07) is 6.80. The van der Waals surface area contributed by atoms with Gasteiger partial charge in [0.05, 0.1) is 0 Å². The SMILES string of the molecule is CCC1CCCN(c2cccc(Cl)c2CNC(C)C)CC1. The Bertz CT molecular complexity index is 445. The first-order valence-corrected chi connectivity index (χ1v) is 8.75. The Kier molecular flexibility index (Phi) is 6.38. The number of hydrogen-bond acceptors (Lipinski definition) is 2. The third-order valence-electron chi connectivity index (χ3n) is 4.55. The van der Waals surface area contributed by atoms with Crippen LogP contribution >= 0.6 is 11.6 Å². The summed E-state index contributed by atoms with van der Waals surface area (Å²) < 4.78 is 0. The zero-order valence-electron chi connectivity index (χ0n) is 13.7. The maximum absolute atomic E-state index is 6.46. The molecule has 1 unspecified atom stereocenters. The highest BCUT2D eigenvalue weighted by Crippen LogP contribution is 2.31. The van der Waals surface area contributed by atoms with Crippen LogP contribution in [0.2, 0.25) is 5.02 Å². The molecule has 0 amide bonds. The van der Waals surface area contributed by atoms with Crippen molar-refractivity contribution in [2.24, 2.45) is 5.92 Å². The number of halogens is 1. The zero-order chi connectivity index (χ0) is 15.2. The fourth-order valence-corrected chi connectivity index (χ4v) is 3.38. The van der Waals surface area contributed by atoms with Gasteiger partial charge in [0.2, 0.25) is 0 Å². The molecule has 1 aliphatic rings. The second kappa shape index (κ2) is 8.05. The minimum absolute atomic E-state index is 0.475. The zero-order valence-corrected chi connectivity index (χ0v) is 14.4. The molecule has 3 heteroatoms. The van der Waals surface area contributed by atoms with Gasteiger partial charge in [0.1, 0.15) is 0 Å². The van der Waals surface area contributed by atoms with Crippen molar-refractivity contribution < 1.29 is 0 Å². The van der Waals surface area contributed by atoms with Crippen LogP contribution in [0.4, 0.5) is 5.69 Å². The predicted molar refractivity (Wildman–Crippen MR) is 93.3 cm³/mol. The summed E-state index contributed by atoms with van der Waals surface area (Å²) in [6.07, 6.45) is 5.28. The summed E-state index contributed by atoms with van der Waals surface area (Å²) in [6.45, 7) is 9.83. The van der Waals surface area contributed by atoms with E-state index in [-0.39, 0.29) is 0 Å². The topological polar surface area (TPSA) is 15.3 Å². The molecule has 2 nitrogen and oxygen atoms in total. The van der Waals surface area contributed by atoms with Gasteiger partial charge in [-0.2, -0.15) is 0 Å². The molecular weight excluding hydrogens is 280 g/mol. The van der Waals surface area contributed by atoms with E-state index in [2.05, 4.69) is 43.1 Å². The number of benzene rings is 1. The fraction of sp³-hybridized carbons (Fsp3) is 0.667. The predicted octanol–water partition coefficient (Wildman–Crippen LogP) is 4.85. The van der Waals surface area contributed by atoms with Crippen LogP contribution < -0.4 is 10.2 Å². The third kappa shape index (κ3) is 4.62. The van der Waals surface area contributed by atoms with Gasteiger partial charge in [0, 0.05) is 41.9 Å². The molecule has 1 aromatic rings. The number of nitrogens with one attached hydrogen (secondary N) is 1. The van der Waals surface area contributed by atoms with E-state index in [1.54, 1.807) is 0 Å². The Morgan fingerprint density at radius 1 is 1.29 bits per heavy atom. The summed E-state index contributed by atoms with van der Waals surface area (Å²) in [7, 11) is 0. The summed E-state index contributed by atoms with van der Waals surface area (Å²) in [5.74, 6) is 0.895. The van der Waals surface area contributed by atoms with E-state index in [0.29, 0.717) is 6.04 Å². The first-order chi connectivity index (χ1) is 10.1. The molecular formula is C18H29ClN2. The van der Waals surface area contributed by atoms with Crippen LogP contribution in [-0.4, -0.2) is 19.1 Å². The van der Waals surface area contributed by atoms with Gasteiger partial charge in [-0.05, 0) is 37.3 Å². The Morgan fingerprint density at radius 3 is 2.81 bits per heavy atom. The van der Waals surface area contributed by atoms with E-state index < -0.39 is 0 Å². The van der Waals surface area contributed by atoms with Gasteiger partial charge in [0.15, 0.2) is 0 Å². The second-order valence-corrected chi connectivity index (χ2v) is 6.87. The van der Waals surface area contributed by atoms with Crippen molar-refractivity contribution in [1.82, 2.24) is 5.32 Å². The average Bonchev–Trinajstić information content (AvgIpc) is 2.70. The summed E-state index contributed by atoms with van der Waals surface area (Å²) in [4.78, 5) is 2.54. The van der Waals surface area contributed by atoms with Crippen molar-refractivity contribution >= 4 is 17.3 Å². The van der Waals surface area contributed by atoms with Crippen molar-refractivity contribution in [3.8, 4) is 0 Å². The molecule has 0 bridgehead atoms. The summed E-state index contributed by atoms with van der Waals surface area (Å²) in [5, 5.41) is 4.39. The lowest BCUT2D eigenvalue weighted by atomic mass is 9.98. The van der Waals surface area contributed by atoms with Gasteiger partial charge in [-0.1, -0.05) is 44.9 Å². The number of nitrogens with zero attached hydrogens (tertiary/aromatic N) is 1. The van der Waals surface area contributed by atoms with Crippen molar-refractivity contribution in [3.05, 3.63) is 28.8 Å². The molecule has 1 fully saturated rings. The molecule has 0 spiro atoms. The van der Waals surface area contributed by atoms with E-state index in [9.17, 15) is 0 Å². The van der Waals surface area contributed by atoms with Crippen LogP contribution in [0.15, 0.2) is 18.2 Å². The molecule has 0 aliphatic carbocycles. The second-order valence-electron chi connectivity index (χ2n) is 6.47. The van der Waals surface area contributed by atoms with Gasteiger partial charge in [0.25, 0.3) is 0 Å². The van der Waals surface area contributed by atoms with Crippen molar-refractivity contribution in [3.63, 3.8) is 0 Å². The van der Waals surface area contributed by atoms with Crippen molar-refractivity contribution in [1.29, 1.82) is 0 Å². The molecule has 118 valence electrons. The monoisotopic (exact) mass is 308 g/mol. The fourth-order valence-electron chi connectivity index (χ4n) is 3.14. The third-order valence-corrected chi connectivity index (χ3v) is 4.90. The van der Waals surface area contributed by atoms with Crippen molar-refractivity contribution in [2.45, 2.75) is 59.0 Å². The number of hydrogen-bond donors (Lipinski definition) is 1. The Balaban J connectivity index is 2.16. The maximum Gasteiger partial charge on any atom is 0.0471 e. The van der Waals surface area contributed by atoms with E-state index in [0.717, 1.165) is 30.6 Å². The molecule has 1 atom stereocenters.